The van der Waals surface area contributed by atoms with Gasteiger partial charge in [-0.15, -0.1) is 0 Å². The SMILES string of the molecule is COCCN(c1ccc(CN)cc1Br)C(C)C. The van der Waals surface area contributed by atoms with Crippen molar-refractivity contribution in [2.45, 2.75) is 26.4 Å². The van der Waals surface area contributed by atoms with Crippen LogP contribution in [0.2, 0.25) is 0 Å². The fraction of sp³-hybridized carbons (Fsp3) is 0.538. The molecule has 0 atom stereocenters. The van der Waals surface area contributed by atoms with E-state index in [2.05, 4.69) is 52.9 Å². The Hall–Kier alpha value is -0.580. The molecule has 0 saturated heterocycles. The highest BCUT2D eigenvalue weighted by Gasteiger charge is 2.13. The normalized spacial score (nSPS) is 10.9. The standard InChI is InChI=1S/C13H21BrN2O/c1-10(2)16(6-7-17-3)13-5-4-11(9-15)8-12(13)14/h4-5,8,10H,6-7,9,15H2,1-3H3. The number of benzene rings is 1. The van der Waals surface area contributed by atoms with E-state index in [9.17, 15) is 0 Å². The van der Waals surface area contributed by atoms with Crippen molar-refractivity contribution in [3.05, 3.63) is 28.2 Å². The molecule has 0 saturated carbocycles. The average Bonchev–Trinajstić information content (AvgIpc) is 2.30. The molecular formula is C13H21BrN2O. The first kappa shape index (κ1) is 14.5. The maximum Gasteiger partial charge on any atom is 0.0637 e. The molecule has 1 aromatic rings. The highest BCUT2D eigenvalue weighted by atomic mass is 79.9. The Labute approximate surface area is 112 Å². The number of anilines is 1. The van der Waals surface area contributed by atoms with Crippen LogP contribution in [0.25, 0.3) is 0 Å². The number of rotatable bonds is 6. The average molecular weight is 301 g/mol. The number of nitrogens with zero attached hydrogens (tertiary/aromatic N) is 1. The number of methoxy groups -OCH3 is 1. The van der Waals surface area contributed by atoms with Crippen molar-refractivity contribution in [2.75, 3.05) is 25.2 Å². The van der Waals surface area contributed by atoms with Gasteiger partial charge in [-0.3, -0.25) is 0 Å². The lowest BCUT2D eigenvalue weighted by atomic mass is 10.1. The molecule has 0 heterocycles. The number of hydrogen-bond donors (Lipinski definition) is 1. The van der Waals surface area contributed by atoms with Gasteiger partial charge in [0, 0.05) is 30.7 Å². The van der Waals surface area contributed by atoms with Gasteiger partial charge in [-0.1, -0.05) is 6.07 Å². The molecule has 0 aliphatic rings. The van der Waals surface area contributed by atoms with Crippen LogP contribution in [-0.2, 0) is 11.3 Å². The van der Waals surface area contributed by atoms with E-state index in [1.54, 1.807) is 7.11 Å². The molecule has 0 fully saturated rings. The summed E-state index contributed by atoms with van der Waals surface area (Å²) in [6.45, 7) is 6.54. The summed E-state index contributed by atoms with van der Waals surface area (Å²) in [5.74, 6) is 0. The van der Waals surface area contributed by atoms with Crippen molar-refractivity contribution >= 4 is 21.6 Å². The quantitative estimate of drug-likeness (QED) is 0.878. The predicted molar refractivity (Wildman–Crippen MR) is 76.4 cm³/mol. The maximum atomic E-state index is 5.63. The lowest BCUT2D eigenvalue weighted by molar-refractivity contribution is 0.204. The Bertz CT molecular complexity index is 355. The van der Waals surface area contributed by atoms with Crippen molar-refractivity contribution in [3.8, 4) is 0 Å². The van der Waals surface area contributed by atoms with Crippen LogP contribution in [0.1, 0.15) is 19.4 Å². The van der Waals surface area contributed by atoms with Gasteiger partial charge in [0.05, 0.1) is 12.3 Å². The molecule has 0 spiro atoms. The molecule has 0 amide bonds. The van der Waals surface area contributed by atoms with Gasteiger partial charge >= 0.3 is 0 Å². The molecule has 0 unspecified atom stereocenters. The Morgan fingerprint density at radius 1 is 1.41 bits per heavy atom. The molecule has 0 aliphatic heterocycles. The molecule has 1 aromatic carbocycles. The first-order valence-corrected chi connectivity index (χ1v) is 6.63. The van der Waals surface area contributed by atoms with Gasteiger partial charge in [0.1, 0.15) is 0 Å². The molecule has 3 nitrogen and oxygen atoms in total. The summed E-state index contributed by atoms with van der Waals surface area (Å²) in [4.78, 5) is 2.31. The molecular weight excluding hydrogens is 280 g/mol. The van der Waals surface area contributed by atoms with Crippen LogP contribution in [-0.4, -0.2) is 26.3 Å². The molecule has 0 aromatic heterocycles. The highest BCUT2D eigenvalue weighted by molar-refractivity contribution is 9.10. The van der Waals surface area contributed by atoms with Gasteiger partial charge < -0.3 is 15.4 Å². The third-order valence-electron chi connectivity index (χ3n) is 2.72. The summed E-state index contributed by atoms with van der Waals surface area (Å²) < 4.78 is 6.24. The minimum Gasteiger partial charge on any atom is -0.383 e. The number of halogens is 1. The molecule has 0 radical (unpaired) electrons. The van der Waals surface area contributed by atoms with Gasteiger partial charge in [-0.25, -0.2) is 0 Å². The second kappa shape index (κ2) is 6.99. The smallest absolute Gasteiger partial charge is 0.0637 e. The summed E-state index contributed by atoms with van der Waals surface area (Å²) in [5, 5.41) is 0. The second-order valence-corrected chi connectivity index (χ2v) is 5.12. The number of ether oxygens (including phenoxy) is 1. The van der Waals surface area contributed by atoms with Crippen LogP contribution in [0.15, 0.2) is 22.7 Å². The zero-order valence-electron chi connectivity index (χ0n) is 10.7. The third-order valence-corrected chi connectivity index (χ3v) is 3.35. The largest absolute Gasteiger partial charge is 0.383 e. The van der Waals surface area contributed by atoms with E-state index in [1.165, 1.54) is 5.69 Å². The second-order valence-electron chi connectivity index (χ2n) is 4.27. The summed E-state index contributed by atoms with van der Waals surface area (Å²) in [5.41, 5.74) is 7.95. The van der Waals surface area contributed by atoms with Gasteiger partial charge in [-0.05, 0) is 47.5 Å². The minimum atomic E-state index is 0.435. The number of nitrogens with two attached hydrogens (primary N) is 1. The van der Waals surface area contributed by atoms with Crippen LogP contribution in [0.5, 0.6) is 0 Å². The van der Waals surface area contributed by atoms with Crippen molar-refractivity contribution in [3.63, 3.8) is 0 Å². The van der Waals surface area contributed by atoms with E-state index in [4.69, 9.17) is 10.5 Å². The molecule has 17 heavy (non-hydrogen) atoms. The van der Waals surface area contributed by atoms with E-state index in [-0.39, 0.29) is 0 Å². The van der Waals surface area contributed by atoms with Crippen molar-refractivity contribution in [1.82, 2.24) is 0 Å². The van der Waals surface area contributed by atoms with E-state index in [0.29, 0.717) is 12.6 Å². The van der Waals surface area contributed by atoms with E-state index < -0.39 is 0 Å². The van der Waals surface area contributed by atoms with Gasteiger partial charge in [0.15, 0.2) is 0 Å². The summed E-state index contributed by atoms with van der Waals surface area (Å²) in [6, 6.07) is 6.70. The predicted octanol–water partition coefficient (Wildman–Crippen LogP) is 2.77. The molecule has 1 rings (SSSR count). The van der Waals surface area contributed by atoms with Crippen LogP contribution >= 0.6 is 15.9 Å². The first-order chi connectivity index (χ1) is 8.10. The molecule has 0 bridgehead atoms. The Kier molecular flexibility index (Phi) is 5.95. The summed E-state index contributed by atoms with van der Waals surface area (Å²) in [7, 11) is 1.73. The molecule has 4 heteroatoms. The van der Waals surface area contributed by atoms with Gasteiger partial charge in [0.25, 0.3) is 0 Å². The Balaban J connectivity index is 2.93. The van der Waals surface area contributed by atoms with Gasteiger partial charge in [0.2, 0.25) is 0 Å². The summed E-state index contributed by atoms with van der Waals surface area (Å²) >= 11 is 3.61. The van der Waals surface area contributed by atoms with Crippen molar-refractivity contribution in [2.24, 2.45) is 5.73 Å². The topological polar surface area (TPSA) is 38.5 Å². The van der Waals surface area contributed by atoms with Crippen LogP contribution in [0.3, 0.4) is 0 Å². The van der Waals surface area contributed by atoms with Crippen LogP contribution < -0.4 is 10.6 Å². The fourth-order valence-electron chi connectivity index (χ4n) is 1.76. The van der Waals surface area contributed by atoms with Crippen LogP contribution in [0.4, 0.5) is 5.69 Å². The van der Waals surface area contributed by atoms with E-state index >= 15 is 0 Å². The van der Waals surface area contributed by atoms with Gasteiger partial charge in [-0.2, -0.15) is 0 Å². The van der Waals surface area contributed by atoms with E-state index in [1.807, 2.05) is 0 Å². The van der Waals surface area contributed by atoms with E-state index in [0.717, 1.165) is 23.2 Å². The lowest BCUT2D eigenvalue weighted by Gasteiger charge is -2.30. The zero-order valence-corrected chi connectivity index (χ0v) is 12.3. The Morgan fingerprint density at radius 3 is 2.59 bits per heavy atom. The third kappa shape index (κ3) is 3.98. The van der Waals surface area contributed by atoms with Crippen molar-refractivity contribution in [1.29, 1.82) is 0 Å². The maximum absolute atomic E-state index is 5.63. The molecule has 96 valence electrons. The zero-order chi connectivity index (χ0) is 12.8. The lowest BCUT2D eigenvalue weighted by Crippen LogP contribution is -2.34. The van der Waals surface area contributed by atoms with Crippen LogP contribution in [0, 0.1) is 0 Å². The minimum absolute atomic E-state index is 0.435. The molecule has 0 aliphatic carbocycles. The number of hydrogen-bond acceptors (Lipinski definition) is 3. The Morgan fingerprint density at radius 2 is 2.12 bits per heavy atom. The highest BCUT2D eigenvalue weighted by Crippen LogP contribution is 2.28. The fourth-order valence-corrected chi connectivity index (χ4v) is 2.41. The molecule has 2 N–H and O–H groups in total. The van der Waals surface area contributed by atoms with Crippen molar-refractivity contribution < 1.29 is 4.74 Å². The monoisotopic (exact) mass is 300 g/mol. The first-order valence-electron chi connectivity index (χ1n) is 5.84. The summed E-state index contributed by atoms with van der Waals surface area (Å²) in [6.07, 6.45) is 0.